The van der Waals surface area contributed by atoms with E-state index in [4.69, 9.17) is 5.73 Å². The number of nitrogen functional groups attached to an aromatic ring is 1. The molecular formula is C11H16N6. The molecule has 2 heterocycles. The molecule has 0 unspecified atom stereocenters. The highest BCUT2D eigenvalue weighted by Crippen LogP contribution is 2.34. The normalized spacial score (nSPS) is 25.2. The van der Waals surface area contributed by atoms with Gasteiger partial charge in [0.05, 0.1) is 0 Å². The number of hydrogen-bond acceptors (Lipinski definition) is 5. The van der Waals surface area contributed by atoms with Gasteiger partial charge >= 0.3 is 0 Å². The molecule has 17 heavy (non-hydrogen) atoms. The van der Waals surface area contributed by atoms with Crippen molar-refractivity contribution in [2.45, 2.75) is 38.5 Å². The first-order chi connectivity index (χ1) is 8.25. The van der Waals surface area contributed by atoms with Crippen molar-refractivity contribution >= 4 is 11.5 Å². The van der Waals surface area contributed by atoms with Crippen LogP contribution < -0.4 is 5.73 Å². The number of anilines is 1. The Morgan fingerprint density at radius 1 is 1.35 bits per heavy atom. The van der Waals surface area contributed by atoms with E-state index in [0.717, 1.165) is 24.6 Å². The zero-order valence-corrected chi connectivity index (χ0v) is 9.87. The van der Waals surface area contributed by atoms with Crippen LogP contribution >= 0.6 is 0 Å². The molecule has 2 aromatic heterocycles. The first kappa shape index (κ1) is 10.4. The van der Waals surface area contributed by atoms with Gasteiger partial charge in [0.1, 0.15) is 6.33 Å². The van der Waals surface area contributed by atoms with E-state index in [1.807, 2.05) is 0 Å². The molecule has 6 nitrogen and oxygen atoms in total. The van der Waals surface area contributed by atoms with Gasteiger partial charge in [0, 0.05) is 5.92 Å². The molecule has 0 radical (unpaired) electrons. The standard InChI is InChI=1S/C11H16N6/c1-7-3-2-4-8(5-7)10-15-16-11-9(12)13-6-14-17(10)11/h6-8H,2-5H2,1H3,(H2,12,13,14)/t7-,8+/m1/s1. The highest BCUT2D eigenvalue weighted by molar-refractivity contribution is 5.57. The lowest BCUT2D eigenvalue weighted by atomic mass is 9.82. The second kappa shape index (κ2) is 3.94. The Balaban J connectivity index is 2.02. The van der Waals surface area contributed by atoms with Gasteiger partial charge < -0.3 is 5.73 Å². The molecule has 0 spiro atoms. The number of hydrogen-bond donors (Lipinski definition) is 1. The van der Waals surface area contributed by atoms with Gasteiger partial charge in [0.25, 0.3) is 0 Å². The van der Waals surface area contributed by atoms with Gasteiger partial charge in [-0.25, -0.2) is 4.98 Å². The molecule has 0 aromatic carbocycles. The summed E-state index contributed by atoms with van der Waals surface area (Å²) in [4.78, 5) is 3.92. The average Bonchev–Trinajstić information content (AvgIpc) is 2.74. The Hall–Kier alpha value is -1.72. The number of aromatic nitrogens is 5. The van der Waals surface area contributed by atoms with Crippen LogP contribution in [0, 0.1) is 5.92 Å². The third-order valence-electron chi connectivity index (χ3n) is 3.56. The van der Waals surface area contributed by atoms with Crippen LogP contribution in [0.25, 0.3) is 5.65 Å². The van der Waals surface area contributed by atoms with Crippen molar-refractivity contribution in [1.29, 1.82) is 0 Å². The summed E-state index contributed by atoms with van der Waals surface area (Å²) >= 11 is 0. The maximum absolute atomic E-state index is 5.75. The number of nitrogens with two attached hydrogens (primary N) is 1. The third kappa shape index (κ3) is 1.73. The molecule has 0 aliphatic heterocycles. The first-order valence-electron chi connectivity index (χ1n) is 6.07. The van der Waals surface area contributed by atoms with Crippen LogP contribution in [0.4, 0.5) is 5.82 Å². The summed E-state index contributed by atoms with van der Waals surface area (Å²) in [5.74, 6) is 2.52. The molecule has 0 saturated heterocycles. The smallest absolute Gasteiger partial charge is 0.220 e. The van der Waals surface area contributed by atoms with E-state index in [-0.39, 0.29) is 0 Å². The Kier molecular flexibility index (Phi) is 2.42. The van der Waals surface area contributed by atoms with E-state index in [2.05, 4.69) is 27.2 Å². The zero-order chi connectivity index (χ0) is 11.8. The fraction of sp³-hybridized carbons (Fsp3) is 0.636. The lowest BCUT2D eigenvalue weighted by molar-refractivity contribution is 0.332. The Labute approximate surface area is 99.3 Å². The third-order valence-corrected chi connectivity index (χ3v) is 3.56. The van der Waals surface area contributed by atoms with Crippen LogP contribution in [0.15, 0.2) is 6.33 Å². The molecule has 2 aromatic rings. The second-order valence-electron chi connectivity index (χ2n) is 4.91. The van der Waals surface area contributed by atoms with E-state index in [1.54, 1.807) is 4.52 Å². The molecule has 1 aliphatic carbocycles. The summed E-state index contributed by atoms with van der Waals surface area (Å²) in [7, 11) is 0. The van der Waals surface area contributed by atoms with E-state index in [9.17, 15) is 0 Å². The lowest BCUT2D eigenvalue weighted by Crippen LogP contribution is -2.15. The number of rotatable bonds is 1. The quantitative estimate of drug-likeness (QED) is 0.803. The summed E-state index contributed by atoms with van der Waals surface area (Å²) in [5, 5.41) is 12.5. The van der Waals surface area contributed by atoms with E-state index in [1.165, 1.54) is 19.2 Å². The molecule has 1 fully saturated rings. The summed E-state index contributed by atoms with van der Waals surface area (Å²) in [5.41, 5.74) is 6.32. The molecule has 6 heteroatoms. The molecule has 0 amide bonds. The summed E-state index contributed by atoms with van der Waals surface area (Å²) in [6, 6.07) is 0. The maximum atomic E-state index is 5.75. The largest absolute Gasteiger partial charge is 0.380 e. The van der Waals surface area contributed by atoms with Gasteiger partial charge in [-0.1, -0.05) is 19.8 Å². The van der Waals surface area contributed by atoms with Crippen molar-refractivity contribution in [1.82, 2.24) is 24.8 Å². The van der Waals surface area contributed by atoms with Gasteiger partial charge in [-0.2, -0.15) is 9.61 Å². The highest BCUT2D eigenvalue weighted by Gasteiger charge is 2.25. The van der Waals surface area contributed by atoms with Crippen LogP contribution in [0.2, 0.25) is 0 Å². The summed E-state index contributed by atoms with van der Waals surface area (Å²) < 4.78 is 1.74. The van der Waals surface area contributed by atoms with Crippen molar-refractivity contribution in [3.8, 4) is 0 Å². The van der Waals surface area contributed by atoms with Crippen molar-refractivity contribution in [2.24, 2.45) is 5.92 Å². The van der Waals surface area contributed by atoms with Crippen molar-refractivity contribution in [3.63, 3.8) is 0 Å². The monoisotopic (exact) mass is 232 g/mol. The van der Waals surface area contributed by atoms with Crippen LogP contribution in [0.5, 0.6) is 0 Å². The van der Waals surface area contributed by atoms with E-state index in [0.29, 0.717) is 17.4 Å². The predicted molar refractivity (Wildman–Crippen MR) is 63.4 cm³/mol. The van der Waals surface area contributed by atoms with Crippen LogP contribution in [0.1, 0.15) is 44.3 Å². The van der Waals surface area contributed by atoms with Crippen molar-refractivity contribution < 1.29 is 0 Å². The van der Waals surface area contributed by atoms with Gasteiger partial charge in [-0.15, -0.1) is 10.2 Å². The SMILES string of the molecule is C[C@@H]1CCC[C@H](c2nnc3c(N)ncnn23)C1. The van der Waals surface area contributed by atoms with Crippen LogP contribution in [0.3, 0.4) is 0 Å². The molecule has 1 saturated carbocycles. The first-order valence-corrected chi connectivity index (χ1v) is 6.07. The van der Waals surface area contributed by atoms with Crippen LogP contribution in [-0.4, -0.2) is 24.8 Å². The minimum absolute atomic E-state index is 0.391. The lowest BCUT2D eigenvalue weighted by Gasteiger charge is -2.24. The molecule has 1 aliphatic rings. The van der Waals surface area contributed by atoms with E-state index >= 15 is 0 Å². The Morgan fingerprint density at radius 2 is 2.24 bits per heavy atom. The van der Waals surface area contributed by atoms with Gasteiger partial charge in [0.2, 0.25) is 5.65 Å². The minimum atomic E-state index is 0.391. The van der Waals surface area contributed by atoms with Gasteiger partial charge in [-0.3, -0.25) is 0 Å². The molecule has 2 N–H and O–H groups in total. The highest BCUT2D eigenvalue weighted by atomic mass is 15.4. The summed E-state index contributed by atoms with van der Waals surface area (Å²) in [6.45, 7) is 2.29. The molecule has 3 rings (SSSR count). The van der Waals surface area contributed by atoms with Crippen molar-refractivity contribution in [2.75, 3.05) is 5.73 Å². The zero-order valence-electron chi connectivity index (χ0n) is 9.87. The number of nitrogens with zero attached hydrogens (tertiary/aromatic N) is 5. The Bertz CT molecular complexity index is 534. The Morgan fingerprint density at radius 3 is 3.06 bits per heavy atom. The molecule has 2 atom stereocenters. The molecular weight excluding hydrogens is 216 g/mol. The van der Waals surface area contributed by atoms with Crippen molar-refractivity contribution in [3.05, 3.63) is 12.2 Å². The van der Waals surface area contributed by atoms with Gasteiger partial charge in [-0.05, 0) is 18.8 Å². The van der Waals surface area contributed by atoms with Gasteiger partial charge in [0.15, 0.2) is 11.6 Å². The van der Waals surface area contributed by atoms with Crippen LogP contribution in [-0.2, 0) is 0 Å². The number of fused-ring (bicyclic) bond motifs is 1. The molecule has 90 valence electrons. The maximum Gasteiger partial charge on any atom is 0.220 e. The molecule has 0 bridgehead atoms. The topological polar surface area (TPSA) is 82.0 Å². The summed E-state index contributed by atoms with van der Waals surface area (Å²) in [6.07, 6.45) is 6.34. The predicted octanol–water partition coefficient (Wildman–Crippen LogP) is 1.40. The fourth-order valence-electron chi connectivity index (χ4n) is 2.69. The minimum Gasteiger partial charge on any atom is -0.380 e. The average molecular weight is 232 g/mol. The second-order valence-corrected chi connectivity index (χ2v) is 4.91. The fourth-order valence-corrected chi connectivity index (χ4v) is 2.69. The van der Waals surface area contributed by atoms with E-state index < -0.39 is 0 Å².